The van der Waals surface area contributed by atoms with E-state index >= 15 is 0 Å². The van der Waals surface area contributed by atoms with Crippen molar-refractivity contribution in [3.63, 3.8) is 0 Å². The lowest BCUT2D eigenvalue weighted by Crippen LogP contribution is -2.14. The fourth-order valence-electron chi connectivity index (χ4n) is 4.62. The standard InChI is InChI=1S/C29H22N4/c1-19-10-6-7-13-23(19)29-31-20(2)30-28(32-29)21-16-17-25-24-14-8-9-15-26(24)33(27(25)18-21)22-11-4-3-5-12-22/h3-6,8-12,14-19,23H,1-2H3. The first kappa shape index (κ1) is 19.5. The van der Waals surface area contributed by atoms with Crippen LogP contribution >= 0.6 is 0 Å². The van der Waals surface area contributed by atoms with Gasteiger partial charge in [-0.05, 0) is 43.2 Å². The van der Waals surface area contributed by atoms with Crippen LogP contribution in [0.5, 0.6) is 0 Å². The number of nitrogens with zero attached hydrogens (tertiary/aromatic N) is 4. The third kappa shape index (κ3) is 3.30. The van der Waals surface area contributed by atoms with Crippen LogP contribution in [0.2, 0.25) is 0 Å². The lowest BCUT2D eigenvalue weighted by molar-refractivity contribution is 0.614. The van der Waals surface area contributed by atoms with Gasteiger partial charge in [0.15, 0.2) is 5.82 Å². The zero-order chi connectivity index (χ0) is 22.4. The summed E-state index contributed by atoms with van der Waals surface area (Å²) in [6.45, 7) is 4.07. The summed E-state index contributed by atoms with van der Waals surface area (Å²) in [5.41, 5.74) is 4.42. The summed E-state index contributed by atoms with van der Waals surface area (Å²) >= 11 is 0. The second-order valence-corrected chi connectivity index (χ2v) is 8.47. The largest absolute Gasteiger partial charge is 0.309 e. The van der Waals surface area contributed by atoms with Gasteiger partial charge in [0.25, 0.3) is 0 Å². The minimum atomic E-state index is -0.0186. The second-order valence-electron chi connectivity index (χ2n) is 8.47. The number of fused-ring (bicyclic) bond motifs is 3. The van der Waals surface area contributed by atoms with E-state index in [-0.39, 0.29) is 11.8 Å². The van der Waals surface area contributed by atoms with Crippen molar-refractivity contribution in [2.45, 2.75) is 19.8 Å². The minimum absolute atomic E-state index is 0.0186. The molecule has 1 aliphatic carbocycles. The van der Waals surface area contributed by atoms with Gasteiger partial charge in [-0.2, -0.15) is 0 Å². The Morgan fingerprint density at radius 1 is 0.818 bits per heavy atom. The summed E-state index contributed by atoms with van der Waals surface area (Å²) in [5.74, 6) is 8.74. The summed E-state index contributed by atoms with van der Waals surface area (Å²) in [6, 6.07) is 25.5. The third-order valence-electron chi connectivity index (χ3n) is 6.24. The Bertz CT molecular complexity index is 1600. The molecule has 0 fully saturated rings. The van der Waals surface area contributed by atoms with Crippen LogP contribution in [0.15, 0.2) is 84.9 Å². The number of aryl methyl sites for hydroxylation is 1. The predicted octanol–water partition coefficient (Wildman–Crippen LogP) is 6.24. The molecule has 4 nitrogen and oxygen atoms in total. The third-order valence-corrected chi connectivity index (χ3v) is 6.24. The van der Waals surface area contributed by atoms with E-state index in [1.165, 1.54) is 16.3 Å². The van der Waals surface area contributed by atoms with Crippen molar-refractivity contribution < 1.29 is 0 Å². The number of allylic oxidation sites excluding steroid dienone is 2. The lowest BCUT2D eigenvalue weighted by atomic mass is 9.91. The summed E-state index contributed by atoms with van der Waals surface area (Å²) in [4.78, 5) is 14.2. The minimum Gasteiger partial charge on any atom is -0.309 e. The van der Waals surface area contributed by atoms with E-state index in [0.717, 1.165) is 22.6 Å². The quantitative estimate of drug-likeness (QED) is 0.321. The fourth-order valence-corrected chi connectivity index (χ4v) is 4.62. The van der Waals surface area contributed by atoms with E-state index < -0.39 is 0 Å². The molecule has 158 valence electrons. The molecule has 0 aliphatic heterocycles. The zero-order valence-corrected chi connectivity index (χ0v) is 18.5. The number of hydrogen-bond donors (Lipinski definition) is 0. The van der Waals surface area contributed by atoms with Crippen LogP contribution in [0.25, 0.3) is 38.9 Å². The molecule has 0 N–H and O–H groups in total. The van der Waals surface area contributed by atoms with E-state index in [1.54, 1.807) is 0 Å². The van der Waals surface area contributed by atoms with Crippen LogP contribution < -0.4 is 0 Å². The van der Waals surface area contributed by atoms with Crippen molar-refractivity contribution in [2.75, 3.05) is 0 Å². The van der Waals surface area contributed by atoms with E-state index in [2.05, 4.69) is 106 Å². The van der Waals surface area contributed by atoms with Gasteiger partial charge >= 0.3 is 0 Å². The van der Waals surface area contributed by atoms with Crippen LogP contribution in [0.1, 0.15) is 24.5 Å². The van der Waals surface area contributed by atoms with E-state index in [9.17, 15) is 0 Å². The van der Waals surface area contributed by atoms with Crippen molar-refractivity contribution >= 4 is 21.8 Å². The molecule has 0 bridgehead atoms. The number of benzene rings is 3. The summed E-state index contributed by atoms with van der Waals surface area (Å²) in [6.07, 6.45) is 4.02. The molecule has 5 aromatic rings. The average Bonchev–Trinajstić information content (AvgIpc) is 3.18. The number of para-hydroxylation sites is 2. The van der Waals surface area contributed by atoms with Crippen molar-refractivity contribution in [1.29, 1.82) is 0 Å². The molecule has 4 heteroatoms. The molecule has 33 heavy (non-hydrogen) atoms. The monoisotopic (exact) mass is 426 g/mol. The van der Waals surface area contributed by atoms with Gasteiger partial charge in [0, 0.05) is 22.0 Å². The molecule has 0 saturated carbocycles. The Morgan fingerprint density at radius 3 is 2.45 bits per heavy atom. The molecule has 2 atom stereocenters. The Kier molecular flexibility index (Phi) is 4.55. The van der Waals surface area contributed by atoms with Gasteiger partial charge in [0.05, 0.1) is 17.0 Å². The summed E-state index contributed by atoms with van der Waals surface area (Å²) in [7, 11) is 0. The predicted molar refractivity (Wildman–Crippen MR) is 133 cm³/mol. The van der Waals surface area contributed by atoms with Crippen LogP contribution in [-0.4, -0.2) is 19.5 Å². The molecule has 0 saturated heterocycles. The lowest BCUT2D eigenvalue weighted by Gasteiger charge is -2.17. The van der Waals surface area contributed by atoms with Crippen LogP contribution in [0.3, 0.4) is 0 Å². The molecule has 2 heterocycles. The zero-order valence-electron chi connectivity index (χ0n) is 18.5. The molecule has 0 spiro atoms. The van der Waals surface area contributed by atoms with Crippen LogP contribution in [0, 0.1) is 24.7 Å². The molecule has 1 aliphatic rings. The van der Waals surface area contributed by atoms with E-state index in [0.29, 0.717) is 11.6 Å². The molecule has 3 aromatic carbocycles. The number of aromatic nitrogens is 4. The van der Waals surface area contributed by atoms with Gasteiger partial charge in [-0.25, -0.2) is 15.0 Å². The first-order chi connectivity index (χ1) is 16.2. The first-order valence-electron chi connectivity index (χ1n) is 11.2. The van der Waals surface area contributed by atoms with Crippen molar-refractivity contribution in [1.82, 2.24) is 19.5 Å². The maximum atomic E-state index is 4.87. The highest BCUT2D eigenvalue weighted by Gasteiger charge is 2.22. The highest BCUT2D eigenvalue weighted by molar-refractivity contribution is 6.10. The molecule has 2 aromatic heterocycles. The van der Waals surface area contributed by atoms with Gasteiger partial charge in [-0.1, -0.05) is 73.4 Å². The van der Waals surface area contributed by atoms with Gasteiger partial charge in [0.1, 0.15) is 11.6 Å². The number of hydrogen-bond acceptors (Lipinski definition) is 3. The van der Waals surface area contributed by atoms with Crippen molar-refractivity contribution in [2.24, 2.45) is 5.92 Å². The molecule has 0 amide bonds. The first-order valence-corrected chi connectivity index (χ1v) is 11.2. The Labute approximate surface area is 192 Å². The van der Waals surface area contributed by atoms with Crippen LogP contribution in [0.4, 0.5) is 0 Å². The maximum Gasteiger partial charge on any atom is 0.163 e. The Morgan fingerprint density at radius 2 is 1.61 bits per heavy atom. The van der Waals surface area contributed by atoms with Gasteiger partial charge < -0.3 is 4.57 Å². The van der Waals surface area contributed by atoms with E-state index in [4.69, 9.17) is 4.98 Å². The van der Waals surface area contributed by atoms with Crippen molar-refractivity contribution in [3.8, 4) is 28.9 Å². The average molecular weight is 427 g/mol. The maximum absolute atomic E-state index is 4.87. The van der Waals surface area contributed by atoms with Crippen LogP contribution in [-0.2, 0) is 0 Å². The molecular weight excluding hydrogens is 404 g/mol. The molecule has 2 unspecified atom stereocenters. The summed E-state index contributed by atoms with van der Waals surface area (Å²) in [5, 5.41) is 2.44. The second kappa shape index (κ2) is 7.72. The highest BCUT2D eigenvalue weighted by Crippen LogP contribution is 2.34. The smallest absolute Gasteiger partial charge is 0.163 e. The Balaban J connectivity index is 1.56. The summed E-state index contributed by atoms with van der Waals surface area (Å²) < 4.78 is 2.31. The van der Waals surface area contributed by atoms with Gasteiger partial charge in [0.2, 0.25) is 0 Å². The van der Waals surface area contributed by atoms with Gasteiger partial charge in [-0.3, -0.25) is 0 Å². The highest BCUT2D eigenvalue weighted by atomic mass is 15.0. The molecule has 6 rings (SSSR count). The normalized spacial score (nSPS) is 17.3. The Hall–Kier alpha value is -4.23. The fraction of sp³-hybridized carbons (Fsp3) is 0.138. The number of rotatable bonds is 3. The van der Waals surface area contributed by atoms with Gasteiger partial charge in [-0.15, -0.1) is 0 Å². The van der Waals surface area contributed by atoms with Crippen molar-refractivity contribution in [3.05, 3.63) is 96.6 Å². The molecular formula is C29H22N4. The van der Waals surface area contributed by atoms with E-state index in [1.807, 2.05) is 19.1 Å². The molecule has 0 radical (unpaired) electrons. The SMILES string of the molecule is Cc1nc(-c2ccc3c4ccccc4n(-c4ccccc4)c3c2)nc(C2C#CC=CC2C)n1. The topological polar surface area (TPSA) is 43.6 Å².